The number of carbonyl (C=O) groups excluding carboxylic acids is 2. The molecule has 0 amide bonds. The highest BCUT2D eigenvalue weighted by Gasteiger charge is 2.64. The maximum absolute atomic E-state index is 14.1. The lowest BCUT2D eigenvalue weighted by Gasteiger charge is -2.47. The van der Waals surface area contributed by atoms with Gasteiger partial charge in [0.25, 0.3) is 0 Å². The predicted molar refractivity (Wildman–Crippen MR) is 148 cm³/mol. The van der Waals surface area contributed by atoms with E-state index >= 15 is 0 Å². The fourth-order valence-corrected chi connectivity index (χ4v) is 5.23. The molecule has 14 heteroatoms. The summed E-state index contributed by atoms with van der Waals surface area (Å²) in [5.74, 6) is -9.00. The van der Waals surface area contributed by atoms with Crippen LogP contribution in [0.2, 0.25) is 0 Å². The summed E-state index contributed by atoms with van der Waals surface area (Å²) in [6.07, 6.45) is -9.28. The van der Waals surface area contributed by atoms with Crippen molar-refractivity contribution in [3.63, 3.8) is 0 Å². The number of phenols is 2. The summed E-state index contributed by atoms with van der Waals surface area (Å²) in [7, 11) is 0. The first-order valence-electron chi connectivity index (χ1n) is 13.2. The first-order chi connectivity index (χ1) is 20.7. The number of carboxylic acid groups (broad SMARTS) is 1. The zero-order valence-corrected chi connectivity index (χ0v) is 22.8. The zero-order chi connectivity index (χ0) is 32.5. The molecule has 4 rings (SSSR count). The number of ether oxygens (including phenoxy) is 1. The van der Waals surface area contributed by atoms with E-state index in [9.17, 15) is 65.4 Å². The molecule has 0 radical (unpaired) electrons. The number of aliphatic hydroxyl groups is 7. The quantitative estimate of drug-likeness (QED) is 0.104. The van der Waals surface area contributed by atoms with E-state index in [0.717, 1.165) is 18.2 Å². The minimum Gasteiger partial charge on any atom is -0.508 e. The molecule has 44 heavy (non-hydrogen) atoms. The smallest absolute Gasteiger partial charge is 0.304 e. The predicted octanol–water partition coefficient (Wildman–Crippen LogP) is -0.281. The van der Waals surface area contributed by atoms with E-state index in [1.807, 2.05) is 0 Å². The molecule has 1 saturated heterocycles. The first-order valence-corrected chi connectivity index (χ1v) is 13.2. The molecule has 2 unspecified atom stereocenters. The summed E-state index contributed by atoms with van der Waals surface area (Å²) < 4.78 is 5.35. The molecule has 2 aliphatic rings. The van der Waals surface area contributed by atoms with E-state index in [1.165, 1.54) is 42.5 Å². The fraction of sp³-hybridized carbons (Fsp3) is 0.300. The van der Waals surface area contributed by atoms with Gasteiger partial charge in [0.2, 0.25) is 17.2 Å². The average Bonchev–Trinajstić information content (AvgIpc) is 2.98. The number of phenolic OH excluding ortho intramolecular Hbond substituents is 2. The third-order valence-corrected chi connectivity index (χ3v) is 7.57. The van der Waals surface area contributed by atoms with Crippen LogP contribution in [0.5, 0.6) is 11.5 Å². The van der Waals surface area contributed by atoms with Crippen LogP contribution in [0.1, 0.15) is 23.5 Å². The van der Waals surface area contributed by atoms with Gasteiger partial charge in [-0.25, -0.2) is 0 Å². The van der Waals surface area contributed by atoms with Crippen molar-refractivity contribution in [1.29, 1.82) is 0 Å². The number of Topliss-reactive ketones (excluding diaryl/α,β-unsaturated/α-hetero) is 2. The number of hydrogen-bond donors (Lipinski definition) is 10. The van der Waals surface area contributed by atoms with Gasteiger partial charge >= 0.3 is 5.97 Å². The van der Waals surface area contributed by atoms with E-state index in [-0.39, 0.29) is 17.1 Å². The summed E-state index contributed by atoms with van der Waals surface area (Å²) in [4.78, 5) is 39.8. The molecular formula is C30H30O14. The molecule has 2 aromatic carbocycles. The van der Waals surface area contributed by atoms with E-state index in [0.29, 0.717) is 5.56 Å². The third kappa shape index (κ3) is 5.81. The van der Waals surface area contributed by atoms with Crippen molar-refractivity contribution in [2.75, 3.05) is 6.61 Å². The van der Waals surface area contributed by atoms with Crippen molar-refractivity contribution in [3.8, 4) is 11.5 Å². The second kappa shape index (κ2) is 12.6. The Morgan fingerprint density at radius 3 is 1.98 bits per heavy atom. The van der Waals surface area contributed by atoms with Gasteiger partial charge in [-0.3, -0.25) is 14.4 Å². The molecule has 1 fully saturated rings. The highest BCUT2D eigenvalue weighted by molar-refractivity contribution is 6.28. The van der Waals surface area contributed by atoms with Crippen LogP contribution >= 0.6 is 0 Å². The highest BCUT2D eigenvalue weighted by Crippen LogP contribution is 2.44. The molecule has 1 heterocycles. The maximum Gasteiger partial charge on any atom is 0.304 e. The van der Waals surface area contributed by atoms with Crippen molar-refractivity contribution in [3.05, 3.63) is 88.4 Å². The molecule has 10 N–H and O–H groups in total. The molecule has 7 atom stereocenters. The van der Waals surface area contributed by atoms with Crippen LogP contribution in [0.15, 0.2) is 77.3 Å². The maximum atomic E-state index is 14.1. The normalized spacial score (nSPS) is 29.6. The molecule has 2 aromatic rings. The topological polar surface area (TPSA) is 263 Å². The number of benzene rings is 2. The molecule has 14 nitrogen and oxygen atoms in total. The second-order valence-electron chi connectivity index (χ2n) is 10.4. The first kappa shape index (κ1) is 32.3. The Labute approximate surface area is 249 Å². The van der Waals surface area contributed by atoms with Gasteiger partial charge in [-0.05, 0) is 41.5 Å². The number of carbonyl (C=O) groups is 3. The summed E-state index contributed by atoms with van der Waals surface area (Å²) in [6, 6.07) is 10.2. The molecule has 1 aliphatic carbocycles. The van der Waals surface area contributed by atoms with Gasteiger partial charge in [-0.2, -0.15) is 0 Å². The van der Waals surface area contributed by atoms with Crippen LogP contribution in [0.4, 0.5) is 0 Å². The van der Waals surface area contributed by atoms with Crippen molar-refractivity contribution >= 4 is 23.6 Å². The number of allylic oxidation sites excluding steroid dienone is 2. The third-order valence-electron chi connectivity index (χ3n) is 7.57. The Bertz CT molecular complexity index is 1520. The lowest BCUT2D eigenvalue weighted by Crippen LogP contribution is -2.71. The second-order valence-corrected chi connectivity index (χ2v) is 10.4. The molecule has 1 aliphatic heterocycles. The molecule has 234 valence electrons. The fourth-order valence-electron chi connectivity index (χ4n) is 5.23. The number of aliphatic hydroxyl groups excluding tert-OH is 6. The van der Waals surface area contributed by atoms with Crippen molar-refractivity contribution in [2.45, 2.75) is 48.5 Å². The van der Waals surface area contributed by atoms with E-state index in [4.69, 9.17) is 4.74 Å². The Hall–Kier alpha value is -4.57. The average molecular weight is 615 g/mol. The van der Waals surface area contributed by atoms with Gasteiger partial charge in [0.05, 0.1) is 13.0 Å². The van der Waals surface area contributed by atoms with Gasteiger partial charge in [0, 0.05) is 11.5 Å². The number of rotatable bonds is 8. The van der Waals surface area contributed by atoms with Gasteiger partial charge in [0.1, 0.15) is 59.1 Å². The lowest BCUT2D eigenvalue weighted by molar-refractivity contribution is -0.260. The van der Waals surface area contributed by atoms with Crippen LogP contribution in [0.3, 0.4) is 0 Å². The zero-order valence-electron chi connectivity index (χ0n) is 22.8. The molecule has 0 spiro atoms. The summed E-state index contributed by atoms with van der Waals surface area (Å²) in [5.41, 5.74) is -5.11. The molecular weight excluding hydrogens is 584 g/mol. The summed E-state index contributed by atoms with van der Waals surface area (Å²) >= 11 is 0. The van der Waals surface area contributed by atoms with Gasteiger partial charge in [0.15, 0.2) is 0 Å². The van der Waals surface area contributed by atoms with Crippen LogP contribution in [-0.2, 0) is 19.1 Å². The summed E-state index contributed by atoms with van der Waals surface area (Å²) in [5, 5.41) is 104. The van der Waals surface area contributed by atoms with Gasteiger partial charge < -0.3 is 55.8 Å². The van der Waals surface area contributed by atoms with Crippen molar-refractivity contribution < 1.29 is 70.2 Å². The van der Waals surface area contributed by atoms with E-state index in [2.05, 4.69) is 0 Å². The van der Waals surface area contributed by atoms with Gasteiger partial charge in [-0.15, -0.1) is 0 Å². The van der Waals surface area contributed by atoms with Gasteiger partial charge in [-0.1, -0.05) is 30.3 Å². The highest BCUT2D eigenvalue weighted by atomic mass is 16.6. The molecule has 0 saturated carbocycles. The Balaban J connectivity index is 1.98. The van der Waals surface area contributed by atoms with E-state index < -0.39 is 95.3 Å². The van der Waals surface area contributed by atoms with Crippen molar-refractivity contribution in [2.24, 2.45) is 0 Å². The number of ketones is 2. The Morgan fingerprint density at radius 2 is 1.43 bits per heavy atom. The SMILES string of the molecule is O=C(O)CC(C1=C(O)C(=C(O)/C=C/c2ccc(O)cc2)C(=O)C(O)([C@@H]2O[C@H](CO)[C@@H](O)[C@H](O)[C@H]2O)C1=O)c1ccc(O)cc1. The van der Waals surface area contributed by atoms with E-state index in [1.54, 1.807) is 0 Å². The molecule has 0 aromatic heterocycles. The minimum absolute atomic E-state index is 0.0177. The van der Waals surface area contributed by atoms with Crippen LogP contribution in [-0.4, -0.2) is 111 Å². The largest absolute Gasteiger partial charge is 0.508 e. The number of hydrogen-bond acceptors (Lipinski definition) is 13. The monoisotopic (exact) mass is 614 g/mol. The lowest BCUT2D eigenvalue weighted by atomic mass is 9.67. The standard InChI is InChI=1S/C30H30O14/c31-12-19-23(37)25(39)26(40)29(44-19)30(43)27(41)21(17(11-20(35)36)14-4-8-16(33)9-5-14)24(38)22(28(30)42)18(34)10-3-13-1-6-15(32)7-2-13/h1-10,17,19,23,25-26,29,31-34,37-40,43H,11-12H2,(H,35,36)/b10-3+,22-18?/t17?,19-,23-,25+,26-,29-,30?/m1/s1. The number of aliphatic carboxylic acids is 1. The Morgan fingerprint density at radius 1 is 0.864 bits per heavy atom. The summed E-state index contributed by atoms with van der Waals surface area (Å²) in [6.45, 7) is -0.994. The number of aromatic hydroxyl groups is 2. The van der Waals surface area contributed by atoms with Crippen LogP contribution < -0.4 is 0 Å². The van der Waals surface area contributed by atoms with Crippen LogP contribution in [0, 0.1) is 0 Å². The number of carboxylic acids is 1. The molecule has 0 bridgehead atoms. The Kier molecular flexibility index (Phi) is 9.25. The van der Waals surface area contributed by atoms with Crippen molar-refractivity contribution in [1.82, 2.24) is 0 Å². The van der Waals surface area contributed by atoms with Crippen LogP contribution in [0.25, 0.3) is 6.08 Å². The minimum atomic E-state index is -3.54.